The summed E-state index contributed by atoms with van der Waals surface area (Å²) in [6.07, 6.45) is 5.56. The maximum Gasteiger partial charge on any atom is 0.287 e. The van der Waals surface area contributed by atoms with Crippen LogP contribution in [0, 0.1) is 12.7 Å². The molecular weight excluding hydrogens is 421 g/mol. The van der Waals surface area contributed by atoms with Crippen molar-refractivity contribution in [2.45, 2.75) is 45.3 Å². The van der Waals surface area contributed by atoms with Gasteiger partial charge in [0.05, 0.1) is 18.3 Å². The second-order valence-corrected chi connectivity index (χ2v) is 8.54. The fourth-order valence-electron chi connectivity index (χ4n) is 4.38. The minimum Gasteiger partial charge on any atom is -0.455 e. The fraction of sp³-hybridized carbons (Fsp3) is 0.391. The summed E-state index contributed by atoms with van der Waals surface area (Å²) in [5, 5.41) is 8.05. The van der Waals surface area contributed by atoms with Gasteiger partial charge in [-0.3, -0.25) is 9.48 Å². The summed E-state index contributed by atoms with van der Waals surface area (Å²) in [7, 11) is 0. The van der Waals surface area contributed by atoms with E-state index < -0.39 is 0 Å². The lowest BCUT2D eigenvalue weighted by molar-refractivity contribution is 0.0833. The Balaban J connectivity index is 1.39. The Hall–Kier alpha value is -2.64. The number of rotatable bonds is 5. The number of carbonyl (C=O) groups is 1. The van der Waals surface area contributed by atoms with Crippen LogP contribution in [0.1, 0.15) is 45.8 Å². The van der Waals surface area contributed by atoms with Crippen molar-refractivity contribution in [3.05, 3.63) is 63.4 Å². The smallest absolute Gasteiger partial charge is 0.287 e. The van der Waals surface area contributed by atoms with Crippen LogP contribution < -0.4 is 5.32 Å². The third-order valence-corrected chi connectivity index (χ3v) is 6.34. The van der Waals surface area contributed by atoms with Crippen molar-refractivity contribution < 1.29 is 18.3 Å². The number of nitrogens with one attached hydrogen (secondary N) is 1. The molecule has 1 aliphatic carbocycles. The maximum absolute atomic E-state index is 13.3. The van der Waals surface area contributed by atoms with Crippen LogP contribution in [0.5, 0.6) is 0 Å². The molecule has 1 unspecified atom stereocenters. The van der Waals surface area contributed by atoms with Gasteiger partial charge in [-0.15, -0.1) is 0 Å². The topological polar surface area (TPSA) is 69.3 Å². The van der Waals surface area contributed by atoms with Gasteiger partial charge in [-0.2, -0.15) is 5.10 Å². The van der Waals surface area contributed by atoms with E-state index >= 15 is 0 Å². The van der Waals surface area contributed by atoms with Crippen molar-refractivity contribution in [1.29, 1.82) is 0 Å². The molecule has 31 heavy (non-hydrogen) atoms. The van der Waals surface area contributed by atoms with E-state index in [9.17, 15) is 9.18 Å². The zero-order valence-electron chi connectivity index (χ0n) is 17.2. The van der Waals surface area contributed by atoms with Crippen LogP contribution in [0.15, 0.2) is 28.8 Å². The second-order valence-electron chi connectivity index (χ2n) is 8.14. The van der Waals surface area contributed by atoms with Crippen LogP contribution in [0.3, 0.4) is 0 Å². The molecule has 6 nitrogen and oxygen atoms in total. The number of amides is 1. The van der Waals surface area contributed by atoms with Crippen molar-refractivity contribution in [3.8, 4) is 11.3 Å². The number of halogens is 2. The van der Waals surface area contributed by atoms with E-state index in [0.717, 1.165) is 59.6 Å². The number of benzene rings is 1. The average molecular weight is 444 g/mol. The highest BCUT2D eigenvalue weighted by atomic mass is 35.5. The summed E-state index contributed by atoms with van der Waals surface area (Å²) in [6.45, 7) is 3.58. The summed E-state index contributed by atoms with van der Waals surface area (Å²) in [5.74, 6) is 0.545. The van der Waals surface area contributed by atoms with E-state index in [-0.39, 0.29) is 17.8 Å². The van der Waals surface area contributed by atoms with Gasteiger partial charge in [0.25, 0.3) is 5.91 Å². The van der Waals surface area contributed by atoms with Gasteiger partial charge in [-0.1, -0.05) is 17.7 Å². The maximum atomic E-state index is 13.3. The first-order chi connectivity index (χ1) is 15.0. The highest BCUT2D eigenvalue weighted by molar-refractivity contribution is 6.31. The first-order valence-electron chi connectivity index (χ1n) is 10.5. The highest BCUT2D eigenvalue weighted by Crippen LogP contribution is 2.38. The quantitative estimate of drug-likeness (QED) is 0.638. The standard InChI is InChI=1S/C23H23ClFN3O3/c1-13-20-19(31-22(13)23(29)26-10-17-3-2-8-30-17)7-5-15-12-28(27-21(15)20)11-14-4-6-16(25)9-18(14)24/h4,6,9,12,17H,2-3,5,7-8,10-11H2,1H3,(H,26,29). The van der Waals surface area contributed by atoms with E-state index in [2.05, 4.69) is 5.32 Å². The molecule has 1 aliphatic heterocycles. The molecule has 5 rings (SSSR count). The first kappa shape index (κ1) is 20.3. The minimum atomic E-state index is -0.363. The van der Waals surface area contributed by atoms with Crippen LogP contribution in [-0.4, -0.2) is 34.9 Å². The molecule has 1 atom stereocenters. The van der Waals surface area contributed by atoms with Gasteiger partial charge in [0.15, 0.2) is 5.76 Å². The molecule has 1 aromatic carbocycles. The summed E-state index contributed by atoms with van der Waals surface area (Å²) in [4.78, 5) is 12.7. The molecule has 3 heterocycles. The van der Waals surface area contributed by atoms with Crippen molar-refractivity contribution in [2.24, 2.45) is 0 Å². The molecule has 8 heteroatoms. The van der Waals surface area contributed by atoms with Crippen LogP contribution in [0.4, 0.5) is 4.39 Å². The van der Waals surface area contributed by atoms with Crippen molar-refractivity contribution in [3.63, 3.8) is 0 Å². The SMILES string of the molecule is Cc1c(C(=O)NCC2CCCO2)oc2c1-c1nn(Cc3ccc(F)cc3Cl)cc1CC2. The van der Waals surface area contributed by atoms with Gasteiger partial charge in [-0.25, -0.2) is 4.39 Å². The summed E-state index contributed by atoms with van der Waals surface area (Å²) >= 11 is 6.18. The van der Waals surface area contributed by atoms with Crippen LogP contribution in [0.2, 0.25) is 5.02 Å². The predicted octanol–water partition coefficient (Wildman–Crippen LogP) is 4.30. The first-order valence-corrected chi connectivity index (χ1v) is 10.9. The molecule has 3 aromatic rings. The van der Waals surface area contributed by atoms with Crippen molar-refractivity contribution >= 4 is 17.5 Å². The summed E-state index contributed by atoms with van der Waals surface area (Å²) < 4.78 is 26.7. The van der Waals surface area contributed by atoms with Gasteiger partial charge in [0.1, 0.15) is 11.6 Å². The van der Waals surface area contributed by atoms with E-state index in [1.54, 1.807) is 6.07 Å². The van der Waals surface area contributed by atoms with Gasteiger partial charge in [0.2, 0.25) is 0 Å². The zero-order chi connectivity index (χ0) is 21.5. The zero-order valence-corrected chi connectivity index (χ0v) is 18.0. The molecule has 0 saturated carbocycles. The lowest BCUT2D eigenvalue weighted by Crippen LogP contribution is -2.31. The van der Waals surface area contributed by atoms with Crippen LogP contribution in [-0.2, 0) is 24.1 Å². The average Bonchev–Trinajstić information content (AvgIpc) is 3.47. The normalized spacial score (nSPS) is 17.5. The Morgan fingerprint density at radius 1 is 1.39 bits per heavy atom. The Bertz CT molecular complexity index is 1150. The van der Waals surface area contributed by atoms with E-state index in [4.69, 9.17) is 25.9 Å². The third kappa shape index (κ3) is 3.88. The fourth-order valence-corrected chi connectivity index (χ4v) is 4.60. The molecule has 0 bridgehead atoms. The number of furan rings is 1. The van der Waals surface area contributed by atoms with Gasteiger partial charge in [0, 0.05) is 41.9 Å². The monoisotopic (exact) mass is 443 g/mol. The largest absolute Gasteiger partial charge is 0.455 e. The molecule has 2 aromatic heterocycles. The molecule has 1 amide bonds. The highest BCUT2D eigenvalue weighted by Gasteiger charge is 2.30. The molecule has 1 N–H and O–H groups in total. The molecule has 0 radical (unpaired) electrons. The number of nitrogens with zero attached hydrogens (tertiary/aromatic N) is 2. The summed E-state index contributed by atoms with van der Waals surface area (Å²) in [5.41, 5.74) is 4.42. The molecule has 2 aliphatic rings. The number of aromatic nitrogens is 2. The van der Waals surface area contributed by atoms with Gasteiger partial charge < -0.3 is 14.5 Å². The Kier molecular flexibility index (Phi) is 5.32. The van der Waals surface area contributed by atoms with Crippen LogP contribution in [0.25, 0.3) is 11.3 Å². The molecular formula is C23H23ClFN3O3. The van der Waals surface area contributed by atoms with E-state index in [1.165, 1.54) is 12.1 Å². The van der Waals surface area contributed by atoms with Crippen LogP contribution >= 0.6 is 11.6 Å². The summed E-state index contributed by atoms with van der Waals surface area (Å²) in [6, 6.07) is 4.37. The molecule has 162 valence electrons. The lowest BCUT2D eigenvalue weighted by atomic mass is 9.93. The van der Waals surface area contributed by atoms with Crippen molar-refractivity contribution in [1.82, 2.24) is 15.1 Å². The van der Waals surface area contributed by atoms with Gasteiger partial charge in [-0.05, 0) is 49.4 Å². The Morgan fingerprint density at radius 2 is 2.26 bits per heavy atom. The van der Waals surface area contributed by atoms with Crippen molar-refractivity contribution in [2.75, 3.05) is 13.2 Å². The number of carbonyl (C=O) groups excluding carboxylic acids is 1. The van der Waals surface area contributed by atoms with E-state index in [1.807, 2.05) is 17.8 Å². The number of fused-ring (bicyclic) bond motifs is 3. The minimum absolute atomic E-state index is 0.0782. The number of hydrogen-bond acceptors (Lipinski definition) is 4. The molecule has 1 saturated heterocycles. The second kappa shape index (κ2) is 8.13. The number of ether oxygens (including phenoxy) is 1. The molecule has 1 fully saturated rings. The lowest BCUT2D eigenvalue weighted by Gasteiger charge is -2.10. The number of aryl methyl sites for hydroxylation is 2. The Morgan fingerprint density at radius 3 is 3.03 bits per heavy atom. The van der Waals surface area contributed by atoms with Gasteiger partial charge >= 0.3 is 0 Å². The Labute approximate surface area is 184 Å². The number of hydrogen-bond donors (Lipinski definition) is 1. The predicted molar refractivity (Wildman–Crippen MR) is 114 cm³/mol. The third-order valence-electron chi connectivity index (χ3n) is 5.98. The van der Waals surface area contributed by atoms with E-state index in [0.29, 0.717) is 30.3 Å². The molecule has 0 spiro atoms.